The van der Waals surface area contributed by atoms with Crippen LogP contribution >= 0.6 is 0 Å². The van der Waals surface area contributed by atoms with Crippen molar-refractivity contribution in [1.29, 1.82) is 0 Å². The van der Waals surface area contributed by atoms with Crippen LogP contribution in [-0.4, -0.2) is 49.2 Å². The van der Waals surface area contributed by atoms with E-state index in [9.17, 15) is 0 Å². The maximum absolute atomic E-state index is 4.65. The normalized spacial score (nSPS) is 22.5. The molecule has 4 nitrogen and oxygen atoms in total. The number of hydrogen-bond acceptors (Lipinski definition) is 4. The Morgan fingerprint density at radius 1 is 1.47 bits per heavy atom. The number of pyridine rings is 1. The predicted octanol–water partition coefficient (Wildman–Crippen LogP) is 1.89. The first kappa shape index (κ1) is 14.3. The maximum atomic E-state index is 4.65. The standard InChI is InChI=1S/C15H26N4/c1-5-16-13(3)14-7-6-8-17-15(14)19-10-9-18(4)11-12(19)2/h6-8,12-13,16H,5,9-11H2,1-4H3. The fourth-order valence-electron chi connectivity index (χ4n) is 2.86. The van der Waals surface area contributed by atoms with Crippen LogP contribution in [0.2, 0.25) is 0 Å². The summed E-state index contributed by atoms with van der Waals surface area (Å²) in [6, 6.07) is 5.09. The van der Waals surface area contributed by atoms with Gasteiger partial charge in [-0.3, -0.25) is 0 Å². The molecule has 2 heterocycles. The first-order valence-electron chi connectivity index (χ1n) is 7.27. The summed E-state index contributed by atoms with van der Waals surface area (Å²) in [5.74, 6) is 1.15. The summed E-state index contributed by atoms with van der Waals surface area (Å²) in [6.45, 7) is 10.9. The lowest BCUT2D eigenvalue weighted by Gasteiger charge is -2.40. The van der Waals surface area contributed by atoms with Gasteiger partial charge in [0.2, 0.25) is 0 Å². The summed E-state index contributed by atoms with van der Waals surface area (Å²) in [7, 11) is 2.19. The molecule has 2 rings (SSSR count). The average molecular weight is 262 g/mol. The summed E-state index contributed by atoms with van der Waals surface area (Å²) in [5, 5.41) is 3.49. The minimum absolute atomic E-state index is 0.348. The second kappa shape index (κ2) is 6.35. The van der Waals surface area contributed by atoms with E-state index >= 15 is 0 Å². The van der Waals surface area contributed by atoms with E-state index in [-0.39, 0.29) is 0 Å². The molecular formula is C15H26N4. The lowest BCUT2D eigenvalue weighted by atomic mass is 10.1. The van der Waals surface area contributed by atoms with E-state index in [0.29, 0.717) is 12.1 Å². The molecule has 0 bridgehead atoms. The molecule has 4 heteroatoms. The van der Waals surface area contributed by atoms with Crippen LogP contribution in [0.15, 0.2) is 18.3 Å². The monoisotopic (exact) mass is 262 g/mol. The fourth-order valence-corrected chi connectivity index (χ4v) is 2.86. The summed E-state index contributed by atoms with van der Waals surface area (Å²) < 4.78 is 0. The van der Waals surface area contributed by atoms with Gasteiger partial charge in [-0.1, -0.05) is 13.0 Å². The van der Waals surface area contributed by atoms with Gasteiger partial charge in [-0.05, 0) is 33.5 Å². The van der Waals surface area contributed by atoms with E-state index in [4.69, 9.17) is 0 Å². The number of hydrogen-bond donors (Lipinski definition) is 1. The molecular weight excluding hydrogens is 236 g/mol. The van der Waals surface area contributed by atoms with Crippen molar-refractivity contribution in [2.45, 2.75) is 32.9 Å². The van der Waals surface area contributed by atoms with Crippen molar-refractivity contribution in [2.24, 2.45) is 0 Å². The largest absolute Gasteiger partial charge is 0.351 e. The Hall–Kier alpha value is -1.13. The molecule has 2 unspecified atom stereocenters. The SMILES string of the molecule is CCNC(C)c1cccnc1N1CCN(C)CC1C. The number of nitrogens with zero attached hydrogens (tertiary/aromatic N) is 3. The van der Waals surface area contributed by atoms with Gasteiger partial charge in [0.05, 0.1) is 0 Å². The third-order valence-corrected chi connectivity index (χ3v) is 3.90. The first-order valence-corrected chi connectivity index (χ1v) is 7.27. The smallest absolute Gasteiger partial charge is 0.133 e. The molecule has 1 aromatic rings. The van der Waals surface area contributed by atoms with Gasteiger partial charge in [0, 0.05) is 43.5 Å². The third kappa shape index (κ3) is 3.25. The van der Waals surface area contributed by atoms with Gasteiger partial charge in [-0.25, -0.2) is 4.98 Å². The zero-order chi connectivity index (χ0) is 13.8. The van der Waals surface area contributed by atoms with Gasteiger partial charge in [0.1, 0.15) is 5.82 Å². The second-order valence-corrected chi connectivity index (χ2v) is 5.50. The minimum atomic E-state index is 0.348. The fraction of sp³-hybridized carbons (Fsp3) is 0.667. The van der Waals surface area contributed by atoms with Gasteiger partial charge in [0.15, 0.2) is 0 Å². The highest BCUT2D eigenvalue weighted by molar-refractivity contribution is 5.49. The average Bonchev–Trinajstić information content (AvgIpc) is 2.39. The van der Waals surface area contributed by atoms with Crippen LogP contribution in [0, 0.1) is 0 Å². The molecule has 1 fully saturated rings. The Labute approximate surface area is 116 Å². The molecule has 1 aromatic heterocycles. The highest BCUT2D eigenvalue weighted by atomic mass is 15.3. The van der Waals surface area contributed by atoms with Crippen molar-refractivity contribution in [3.05, 3.63) is 23.9 Å². The highest BCUT2D eigenvalue weighted by Gasteiger charge is 2.25. The zero-order valence-corrected chi connectivity index (χ0v) is 12.6. The van der Waals surface area contributed by atoms with Crippen LogP contribution in [0.5, 0.6) is 0 Å². The molecule has 1 saturated heterocycles. The van der Waals surface area contributed by atoms with Gasteiger partial charge in [-0.15, -0.1) is 0 Å². The van der Waals surface area contributed by atoms with Crippen LogP contribution in [0.1, 0.15) is 32.4 Å². The summed E-state index contributed by atoms with van der Waals surface area (Å²) in [4.78, 5) is 9.48. The van der Waals surface area contributed by atoms with E-state index in [1.54, 1.807) is 0 Å². The lowest BCUT2D eigenvalue weighted by Crippen LogP contribution is -2.51. The molecule has 2 atom stereocenters. The highest BCUT2D eigenvalue weighted by Crippen LogP contribution is 2.26. The summed E-state index contributed by atoms with van der Waals surface area (Å²) in [5.41, 5.74) is 1.31. The molecule has 0 amide bonds. The number of aromatic nitrogens is 1. The lowest BCUT2D eigenvalue weighted by molar-refractivity contribution is 0.274. The van der Waals surface area contributed by atoms with Gasteiger partial charge < -0.3 is 15.1 Å². The predicted molar refractivity (Wildman–Crippen MR) is 80.6 cm³/mol. The number of anilines is 1. The second-order valence-electron chi connectivity index (χ2n) is 5.50. The zero-order valence-electron chi connectivity index (χ0n) is 12.6. The summed E-state index contributed by atoms with van der Waals surface area (Å²) in [6.07, 6.45) is 1.91. The number of rotatable bonds is 4. The van der Waals surface area contributed by atoms with E-state index in [1.165, 1.54) is 5.56 Å². The Morgan fingerprint density at radius 3 is 2.95 bits per heavy atom. The molecule has 1 N–H and O–H groups in total. The Bertz CT molecular complexity index is 407. The van der Waals surface area contributed by atoms with E-state index in [2.05, 4.69) is 54.0 Å². The van der Waals surface area contributed by atoms with Crippen molar-refractivity contribution in [1.82, 2.24) is 15.2 Å². The molecule has 0 spiro atoms. The maximum Gasteiger partial charge on any atom is 0.133 e. The quantitative estimate of drug-likeness (QED) is 0.898. The third-order valence-electron chi connectivity index (χ3n) is 3.90. The molecule has 0 aromatic carbocycles. The first-order chi connectivity index (χ1) is 9.13. The van der Waals surface area contributed by atoms with Crippen molar-refractivity contribution in [3.8, 4) is 0 Å². The Morgan fingerprint density at radius 2 is 2.26 bits per heavy atom. The summed E-state index contributed by atoms with van der Waals surface area (Å²) >= 11 is 0. The number of likely N-dealkylation sites (N-methyl/N-ethyl adjacent to an activating group) is 1. The van der Waals surface area contributed by atoms with Gasteiger partial charge in [-0.2, -0.15) is 0 Å². The molecule has 0 aliphatic carbocycles. The van der Waals surface area contributed by atoms with Crippen LogP contribution in [-0.2, 0) is 0 Å². The molecule has 0 saturated carbocycles. The van der Waals surface area contributed by atoms with Gasteiger partial charge >= 0.3 is 0 Å². The molecule has 106 valence electrons. The van der Waals surface area contributed by atoms with Crippen LogP contribution in [0.25, 0.3) is 0 Å². The molecule has 1 aliphatic rings. The van der Waals surface area contributed by atoms with Crippen LogP contribution in [0.4, 0.5) is 5.82 Å². The number of piperazine rings is 1. The van der Waals surface area contributed by atoms with Crippen molar-refractivity contribution >= 4 is 5.82 Å². The topological polar surface area (TPSA) is 31.4 Å². The van der Waals surface area contributed by atoms with Gasteiger partial charge in [0.25, 0.3) is 0 Å². The molecule has 1 aliphatic heterocycles. The number of nitrogens with one attached hydrogen (secondary N) is 1. The van der Waals surface area contributed by atoms with E-state index in [0.717, 1.165) is 32.0 Å². The van der Waals surface area contributed by atoms with E-state index < -0.39 is 0 Å². The van der Waals surface area contributed by atoms with Crippen molar-refractivity contribution < 1.29 is 0 Å². The Kier molecular flexibility index (Phi) is 4.77. The van der Waals surface area contributed by atoms with Crippen LogP contribution in [0.3, 0.4) is 0 Å². The van der Waals surface area contributed by atoms with Crippen LogP contribution < -0.4 is 10.2 Å². The minimum Gasteiger partial charge on any atom is -0.351 e. The Balaban J connectivity index is 2.24. The molecule has 0 radical (unpaired) electrons. The van der Waals surface area contributed by atoms with Crippen molar-refractivity contribution in [3.63, 3.8) is 0 Å². The van der Waals surface area contributed by atoms with Crippen molar-refractivity contribution in [2.75, 3.05) is 38.1 Å². The van der Waals surface area contributed by atoms with E-state index in [1.807, 2.05) is 12.3 Å². The molecule has 19 heavy (non-hydrogen) atoms.